The molecule has 0 unspecified atom stereocenters. The number of thiophene rings is 1. The Kier molecular flexibility index (Phi) is 4.82. The third-order valence-corrected chi connectivity index (χ3v) is 4.84. The number of nitriles is 1. The molecule has 0 radical (unpaired) electrons. The molecular formula is C18H16N2O5S. The fourth-order valence-corrected chi connectivity index (χ4v) is 3.45. The summed E-state index contributed by atoms with van der Waals surface area (Å²) >= 11 is 1.02. The summed E-state index contributed by atoms with van der Waals surface area (Å²) in [5.74, 6) is 0.138. The van der Waals surface area contributed by atoms with E-state index in [9.17, 15) is 14.9 Å². The molecule has 0 saturated carbocycles. The zero-order valence-corrected chi connectivity index (χ0v) is 15.2. The maximum Gasteiger partial charge on any atom is 0.348 e. The third-order valence-electron chi connectivity index (χ3n) is 3.65. The Balaban J connectivity index is 1.86. The van der Waals surface area contributed by atoms with Gasteiger partial charge in [0, 0.05) is 5.56 Å². The van der Waals surface area contributed by atoms with Crippen LogP contribution in [0.25, 0.3) is 0 Å². The molecule has 1 aliphatic heterocycles. The predicted molar refractivity (Wildman–Crippen MR) is 94.8 cm³/mol. The van der Waals surface area contributed by atoms with Crippen molar-refractivity contribution in [3.8, 4) is 17.6 Å². The van der Waals surface area contributed by atoms with Gasteiger partial charge >= 0.3 is 5.97 Å². The van der Waals surface area contributed by atoms with Crippen LogP contribution in [0.1, 0.15) is 45.0 Å². The molecule has 1 aromatic carbocycles. The maximum absolute atomic E-state index is 12.5. The van der Waals surface area contributed by atoms with Crippen LogP contribution in [0.3, 0.4) is 0 Å². The van der Waals surface area contributed by atoms with Crippen LogP contribution in [0.15, 0.2) is 18.2 Å². The van der Waals surface area contributed by atoms with Crippen LogP contribution in [-0.4, -0.2) is 24.8 Å². The van der Waals surface area contributed by atoms with E-state index in [4.69, 9.17) is 14.2 Å². The first-order valence-electron chi connectivity index (χ1n) is 7.86. The highest BCUT2D eigenvalue weighted by molar-refractivity contribution is 7.18. The molecule has 3 rings (SSSR count). The molecule has 2 aromatic rings. The molecule has 134 valence electrons. The van der Waals surface area contributed by atoms with E-state index >= 15 is 0 Å². The van der Waals surface area contributed by atoms with Gasteiger partial charge < -0.3 is 19.5 Å². The van der Waals surface area contributed by atoms with Gasteiger partial charge in [-0.2, -0.15) is 5.26 Å². The summed E-state index contributed by atoms with van der Waals surface area (Å²) in [5, 5.41) is 12.4. The lowest BCUT2D eigenvalue weighted by Crippen LogP contribution is -2.11. The Bertz CT molecular complexity index is 926. The molecule has 26 heavy (non-hydrogen) atoms. The Labute approximate surface area is 154 Å². The SMILES string of the molecule is Cc1c(C(=O)OC(C)C)sc(NC(=O)c2ccc3c(c2)OCO3)c1C#N. The Morgan fingerprint density at radius 3 is 2.73 bits per heavy atom. The van der Waals surface area contributed by atoms with E-state index in [1.165, 1.54) is 0 Å². The van der Waals surface area contributed by atoms with Gasteiger partial charge in [0.15, 0.2) is 11.5 Å². The lowest BCUT2D eigenvalue weighted by Gasteiger charge is -2.06. The molecule has 2 heterocycles. The number of hydrogen-bond acceptors (Lipinski definition) is 7. The van der Waals surface area contributed by atoms with Crippen molar-refractivity contribution in [2.24, 2.45) is 0 Å². The van der Waals surface area contributed by atoms with Gasteiger partial charge in [-0.3, -0.25) is 4.79 Å². The van der Waals surface area contributed by atoms with E-state index in [2.05, 4.69) is 5.32 Å². The summed E-state index contributed by atoms with van der Waals surface area (Å²) in [6.07, 6.45) is -0.277. The number of nitrogens with zero attached hydrogens (tertiary/aromatic N) is 1. The lowest BCUT2D eigenvalue weighted by molar-refractivity contribution is 0.0383. The van der Waals surface area contributed by atoms with E-state index in [-0.39, 0.29) is 18.5 Å². The van der Waals surface area contributed by atoms with E-state index in [0.29, 0.717) is 32.5 Å². The second-order valence-corrected chi connectivity index (χ2v) is 6.87. The van der Waals surface area contributed by atoms with E-state index in [0.717, 1.165) is 11.3 Å². The third kappa shape index (κ3) is 3.34. The van der Waals surface area contributed by atoms with Gasteiger partial charge in [0.1, 0.15) is 15.9 Å². The zero-order chi connectivity index (χ0) is 18.8. The molecule has 0 spiro atoms. The first-order chi connectivity index (χ1) is 12.4. The number of carbonyl (C=O) groups is 2. The number of amides is 1. The lowest BCUT2D eigenvalue weighted by atomic mass is 10.1. The van der Waals surface area contributed by atoms with Crippen molar-refractivity contribution in [2.45, 2.75) is 26.9 Å². The molecule has 0 saturated heterocycles. The number of fused-ring (bicyclic) bond motifs is 1. The standard InChI is InChI=1S/C18H16N2O5S/c1-9(2)25-18(22)15-10(3)12(7-19)17(26-15)20-16(21)11-4-5-13-14(6-11)24-8-23-13/h4-6,9H,8H2,1-3H3,(H,20,21). The number of hydrogen-bond donors (Lipinski definition) is 1. The molecule has 1 aliphatic rings. The number of esters is 1. The highest BCUT2D eigenvalue weighted by Crippen LogP contribution is 2.35. The molecule has 0 bridgehead atoms. The second-order valence-electron chi connectivity index (χ2n) is 5.85. The number of benzene rings is 1. The minimum absolute atomic E-state index is 0.116. The van der Waals surface area contributed by atoms with E-state index in [1.807, 2.05) is 6.07 Å². The monoisotopic (exact) mass is 372 g/mol. The molecule has 1 N–H and O–H groups in total. The summed E-state index contributed by atoms with van der Waals surface area (Å²) in [5.41, 5.74) is 1.10. The van der Waals surface area contributed by atoms with Crippen LogP contribution >= 0.6 is 11.3 Å². The van der Waals surface area contributed by atoms with Crippen molar-refractivity contribution in [1.29, 1.82) is 5.26 Å². The first kappa shape index (κ1) is 17.8. The molecular weight excluding hydrogens is 356 g/mol. The summed E-state index contributed by atoms with van der Waals surface area (Å²) in [6, 6.07) is 6.85. The smallest absolute Gasteiger partial charge is 0.348 e. The number of rotatable bonds is 4. The van der Waals surface area contributed by atoms with Crippen molar-refractivity contribution in [3.05, 3.63) is 39.8 Å². The van der Waals surface area contributed by atoms with Crippen molar-refractivity contribution in [3.63, 3.8) is 0 Å². The average Bonchev–Trinajstić information content (AvgIpc) is 3.17. The van der Waals surface area contributed by atoms with Gasteiger partial charge in [-0.05, 0) is 44.5 Å². The summed E-state index contributed by atoms with van der Waals surface area (Å²) in [4.78, 5) is 25.0. The van der Waals surface area contributed by atoms with Gasteiger partial charge in [0.05, 0.1) is 11.7 Å². The minimum Gasteiger partial charge on any atom is -0.459 e. The van der Waals surface area contributed by atoms with Gasteiger partial charge in [-0.1, -0.05) is 0 Å². The molecule has 1 aromatic heterocycles. The van der Waals surface area contributed by atoms with Gasteiger partial charge in [-0.15, -0.1) is 11.3 Å². The van der Waals surface area contributed by atoms with Crippen LogP contribution < -0.4 is 14.8 Å². The van der Waals surface area contributed by atoms with Crippen LogP contribution in [0.2, 0.25) is 0 Å². The number of ether oxygens (including phenoxy) is 3. The maximum atomic E-state index is 12.5. The van der Waals surface area contributed by atoms with E-state index < -0.39 is 11.9 Å². The molecule has 7 nitrogen and oxygen atoms in total. The normalized spacial score (nSPS) is 12.0. The highest BCUT2D eigenvalue weighted by Gasteiger charge is 2.24. The van der Waals surface area contributed by atoms with Crippen LogP contribution in [-0.2, 0) is 4.74 Å². The highest BCUT2D eigenvalue weighted by atomic mass is 32.1. The van der Waals surface area contributed by atoms with Gasteiger partial charge in [0.2, 0.25) is 6.79 Å². The molecule has 0 fully saturated rings. The Morgan fingerprint density at radius 2 is 2.04 bits per heavy atom. The van der Waals surface area contributed by atoms with Crippen molar-refractivity contribution < 1.29 is 23.8 Å². The van der Waals surface area contributed by atoms with Crippen LogP contribution in [0.5, 0.6) is 11.5 Å². The van der Waals surface area contributed by atoms with Crippen LogP contribution in [0, 0.1) is 18.3 Å². The summed E-state index contributed by atoms with van der Waals surface area (Å²) in [6.45, 7) is 5.26. The van der Waals surface area contributed by atoms with E-state index in [1.54, 1.807) is 39.0 Å². The van der Waals surface area contributed by atoms with Crippen molar-refractivity contribution in [2.75, 3.05) is 12.1 Å². The zero-order valence-electron chi connectivity index (χ0n) is 14.4. The van der Waals surface area contributed by atoms with Gasteiger partial charge in [-0.25, -0.2) is 4.79 Å². The second kappa shape index (κ2) is 7.06. The number of anilines is 1. The number of carbonyl (C=O) groups excluding carboxylic acids is 2. The average molecular weight is 372 g/mol. The first-order valence-corrected chi connectivity index (χ1v) is 8.67. The largest absolute Gasteiger partial charge is 0.459 e. The van der Waals surface area contributed by atoms with Crippen molar-refractivity contribution in [1.82, 2.24) is 0 Å². The topological polar surface area (TPSA) is 97.7 Å². The quantitative estimate of drug-likeness (QED) is 0.825. The van der Waals surface area contributed by atoms with Crippen molar-refractivity contribution >= 4 is 28.2 Å². The van der Waals surface area contributed by atoms with Crippen LogP contribution in [0.4, 0.5) is 5.00 Å². The minimum atomic E-state index is -0.512. The van der Waals surface area contributed by atoms with Gasteiger partial charge in [0.25, 0.3) is 5.91 Å². The molecule has 1 amide bonds. The fraction of sp³-hybridized carbons (Fsp3) is 0.278. The Hall–Kier alpha value is -3.05. The summed E-state index contributed by atoms with van der Waals surface area (Å²) < 4.78 is 15.7. The predicted octanol–water partition coefficient (Wildman–Crippen LogP) is 3.47. The molecule has 0 aliphatic carbocycles. The fourth-order valence-electron chi connectivity index (χ4n) is 2.41. The number of nitrogens with one attached hydrogen (secondary N) is 1. The molecule has 8 heteroatoms. The summed E-state index contributed by atoms with van der Waals surface area (Å²) in [7, 11) is 0. The Morgan fingerprint density at radius 1 is 1.31 bits per heavy atom. The molecule has 0 atom stereocenters.